The van der Waals surface area contributed by atoms with Crippen LogP contribution in [-0.2, 0) is 11.2 Å². The Bertz CT molecular complexity index is 757. The zero-order valence-electron chi connectivity index (χ0n) is 13.4. The molecule has 2 aliphatic rings. The zero-order chi connectivity index (χ0) is 16.1. The fraction of sp³-hybridized carbons (Fsp3) is 0.529. The molecular weight excluding hydrogens is 294 g/mol. The van der Waals surface area contributed by atoms with Gasteiger partial charge < -0.3 is 9.72 Å². The summed E-state index contributed by atoms with van der Waals surface area (Å²) >= 11 is 0. The van der Waals surface area contributed by atoms with Crippen molar-refractivity contribution in [2.75, 3.05) is 13.7 Å². The van der Waals surface area contributed by atoms with Crippen molar-refractivity contribution < 1.29 is 9.66 Å². The number of aromatic nitrogens is 1. The minimum atomic E-state index is -0.665. The van der Waals surface area contributed by atoms with Gasteiger partial charge in [-0.1, -0.05) is 18.2 Å². The van der Waals surface area contributed by atoms with Crippen LogP contribution in [0.15, 0.2) is 24.3 Å². The Balaban J connectivity index is 1.78. The van der Waals surface area contributed by atoms with Gasteiger partial charge in [-0.05, 0) is 25.0 Å². The molecule has 4 atom stereocenters. The van der Waals surface area contributed by atoms with Crippen molar-refractivity contribution in [2.45, 2.75) is 44.0 Å². The minimum absolute atomic E-state index is 0.131. The van der Waals surface area contributed by atoms with Crippen LogP contribution in [0.5, 0.6) is 0 Å². The molecule has 0 spiro atoms. The van der Waals surface area contributed by atoms with Crippen LogP contribution in [0, 0.1) is 10.1 Å². The molecule has 3 heterocycles. The molecule has 0 aliphatic carbocycles. The minimum Gasteiger partial charge on any atom is -0.374 e. The summed E-state index contributed by atoms with van der Waals surface area (Å²) in [6.07, 6.45) is 1.24. The Labute approximate surface area is 134 Å². The van der Waals surface area contributed by atoms with E-state index in [-0.39, 0.29) is 23.1 Å². The topological polar surface area (TPSA) is 71.4 Å². The van der Waals surface area contributed by atoms with E-state index in [0.29, 0.717) is 6.42 Å². The van der Waals surface area contributed by atoms with Crippen molar-refractivity contribution in [1.82, 2.24) is 9.88 Å². The highest BCUT2D eigenvalue weighted by molar-refractivity contribution is 5.85. The Hall–Kier alpha value is -1.92. The van der Waals surface area contributed by atoms with E-state index >= 15 is 0 Å². The summed E-state index contributed by atoms with van der Waals surface area (Å²) < 4.78 is 5.49. The quantitative estimate of drug-likeness (QED) is 0.683. The highest BCUT2D eigenvalue weighted by atomic mass is 16.6. The van der Waals surface area contributed by atoms with Crippen molar-refractivity contribution in [3.8, 4) is 0 Å². The molecule has 0 saturated carbocycles. The molecule has 0 amide bonds. The number of piperidine rings is 1. The number of ether oxygens (including phenoxy) is 1. The van der Waals surface area contributed by atoms with E-state index in [1.807, 2.05) is 13.0 Å². The molecule has 2 aliphatic heterocycles. The van der Waals surface area contributed by atoms with Crippen molar-refractivity contribution in [2.24, 2.45) is 0 Å². The van der Waals surface area contributed by atoms with Gasteiger partial charge in [0.25, 0.3) is 6.04 Å². The third kappa shape index (κ3) is 2.09. The van der Waals surface area contributed by atoms with Crippen molar-refractivity contribution in [3.63, 3.8) is 0 Å². The predicted octanol–water partition coefficient (Wildman–Crippen LogP) is 2.52. The summed E-state index contributed by atoms with van der Waals surface area (Å²) in [6.45, 7) is 2.82. The van der Waals surface area contributed by atoms with E-state index in [0.717, 1.165) is 18.5 Å². The number of hydrogen-bond donors (Lipinski definition) is 1. The number of aromatic amines is 1. The molecule has 0 radical (unpaired) electrons. The molecule has 0 bridgehead atoms. The Morgan fingerprint density at radius 1 is 1.39 bits per heavy atom. The standard InChI is InChI=1S/C17H21N3O3/c1-10-17(20(21)22)15(23-2)9-14-16-12(7-8-19(10)14)11-5-3-4-6-13(11)18-16/h3-6,10,14-15,17-18H,7-9H2,1-2H3/t10-,14-,15-,17-/m1/s1. The largest absolute Gasteiger partial charge is 0.374 e. The summed E-state index contributed by atoms with van der Waals surface area (Å²) in [6, 6.07) is 7.72. The Morgan fingerprint density at radius 3 is 2.91 bits per heavy atom. The fourth-order valence-corrected chi connectivity index (χ4v) is 4.49. The van der Waals surface area contributed by atoms with Gasteiger partial charge >= 0.3 is 0 Å². The number of rotatable bonds is 2. The lowest BCUT2D eigenvalue weighted by Crippen LogP contribution is -2.59. The van der Waals surface area contributed by atoms with Gasteiger partial charge in [-0.15, -0.1) is 0 Å². The van der Waals surface area contributed by atoms with Gasteiger partial charge in [0.2, 0.25) is 0 Å². The number of hydrogen-bond acceptors (Lipinski definition) is 4. The average molecular weight is 315 g/mol. The molecule has 23 heavy (non-hydrogen) atoms. The maximum Gasteiger partial charge on any atom is 0.253 e. The van der Waals surface area contributed by atoms with Crippen molar-refractivity contribution in [1.29, 1.82) is 0 Å². The molecule has 6 nitrogen and oxygen atoms in total. The molecule has 1 N–H and O–H groups in total. The molecule has 0 unspecified atom stereocenters. The Morgan fingerprint density at radius 2 is 2.17 bits per heavy atom. The molecule has 1 aromatic heterocycles. The number of methoxy groups -OCH3 is 1. The van der Waals surface area contributed by atoms with Gasteiger partial charge in [0.05, 0.1) is 12.1 Å². The number of nitrogens with one attached hydrogen (secondary N) is 1. The van der Waals surface area contributed by atoms with Crippen molar-refractivity contribution >= 4 is 10.9 Å². The van der Waals surface area contributed by atoms with Crippen LogP contribution >= 0.6 is 0 Å². The van der Waals surface area contributed by atoms with E-state index in [4.69, 9.17) is 4.74 Å². The summed E-state index contributed by atoms with van der Waals surface area (Å²) in [5, 5.41) is 12.8. The van der Waals surface area contributed by atoms with Gasteiger partial charge in [-0.2, -0.15) is 0 Å². The maximum atomic E-state index is 11.5. The molecule has 2 aromatic rings. The highest BCUT2D eigenvalue weighted by Gasteiger charge is 2.50. The van der Waals surface area contributed by atoms with Gasteiger partial charge in [0.1, 0.15) is 6.10 Å². The van der Waals surface area contributed by atoms with E-state index in [1.54, 1.807) is 7.11 Å². The summed E-state index contributed by atoms with van der Waals surface area (Å²) in [4.78, 5) is 17.2. The highest BCUT2D eigenvalue weighted by Crippen LogP contribution is 2.42. The van der Waals surface area contributed by atoms with E-state index in [1.165, 1.54) is 16.6 Å². The van der Waals surface area contributed by atoms with Crippen LogP contribution in [0.2, 0.25) is 0 Å². The monoisotopic (exact) mass is 315 g/mol. The second-order valence-corrected chi connectivity index (χ2v) is 6.59. The van der Waals surface area contributed by atoms with Crippen LogP contribution in [0.4, 0.5) is 0 Å². The first-order valence-corrected chi connectivity index (χ1v) is 8.13. The van der Waals surface area contributed by atoms with E-state index < -0.39 is 6.04 Å². The van der Waals surface area contributed by atoms with Crippen LogP contribution in [0.3, 0.4) is 0 Å². The molecule has 1 aromatic carbocycles. The molecule has 1 saturated heterocycles. The summed E-state index contributed by atoms with van der Waals surface area (Å²) in [5.74, 6) is 0. The first-order valence-electron chi connectivity index (χ1n) is 8.13. The van der Waals surface area contributed by atoms with E-state index in [2.05, 4.69) is 28.1 Å². The second-order valence-electron chi connectivity index (χ2n) is 6.59. The summed E-state index contributed by atoms with van der Waals surface area (Å²) in [5.41, 5.74) is 3.73. The van der Waals surface area contributed by atoms with Gasteiger partial charge in [-0.25, -0.2) is 0 Å². The van der Waals surface area contributed by atoms with Crippen LogP contribution < -0.4 is 0 Å². The number of benzene rings is 1. The fourth-order valence-electron chi connectivity index (χ4n) is 4.49. The van der Waals surface area contributed by atoms with Gasteiger partial charge in [0.15, 0.2) is 0 Å². The lowest BCUT2D eigenvalue weighted by Gasteiger charge is -2.46. The van der Waals surface area contributed by atoms with Crippen molar-refractivity contribution in [3.05, 3.63) is 45.6 Å². The Kier molecular flexibility index (Phi) is 3.39. The molecule has 122 valence electrons. The first kappa shape index (κ1) is 14.7. The number of nitro groups is 1. The number of para-hydroxylation sites is 1. The molecule has 4 rings (SSSR count). The van der Waals surface area contributed by atoms with Gasteiger partial charge in [-0.3, -0.25) is 15.0 Å². The number of H-pyrrole nitrogens is 1. The maximum absolute atomic E-state index is 11.5. The predicted molar refractivity (Wildman–Crippen MR) is 87.1 cm³/mol. The SMILES string of the molecule is CO[C@@H]1C[C@@H]2c3[nH]c4ccccc4c3CCN2[C@H](C)[C@H]1[N+](=O)[O-]. The lowest BCUT2D eigenvalue weighted by atomic mass is 9.83. The molecule has 1 fully saturated rings. The summed E-state index contributed by atoms with van der Waals surface area (Å²) in [7, 11) is 1.58. The number of fused-ring (bicyclic) bond motifs is 5. The van der Waals surface area contributed by atoms with Gasteiger partial charge in [0, 0.05) is 41.6 Å². The first-order chi connectivity index (χ1) is 11.1. The molecular formula is C17H21N3O3. The second kappa shape index (κ2) is 5.32. The zero-order valence-corrected chi connectivity index (χ0v) is 13.4. The average Bonchev–Trinajstić information content (AvgIpc) is 2.93. The number of nitrogens with zero attached hydrogens (tertiary/aromatic N) is 2. The third-order valence-electron chi connectivity index (χ3n) is 5.60. The van der Waals surface area contributed by atoms with Crippen LogP contribution in [0.1, 0.15) is 30.6 Å². The third-order valence-corrected chi connectivity index (χ3v) is 5.60. The van der Waals surface area contributed by atoms with Crippen LogP contribution in [0.25, 0.3) is 10.9 Å². The van der Waals surface area contributed by atoms with E-state index in [9.17, 15) is 10.1 Å². The smallest absolute Gasteiger partial charge is 0.253 e. The normalized spacial score (nSPS) is 30.9. The molecule has 6 heteroatoms. The lowest BCUT2D eigenvalue weighted by molar-refractivity contribution is -0.547. The van der Waals surface area contributed by atoms with Crippen LogP contribution in [-0.4, -0.2) is 46.6 Å².